The van der Waals surface area contributed by atoms with E-state index in [1.54, 1.807) is 18.4 Å². The monoisotopic (exact) mass is 275 g/mol. The molecule has 3 rings (SSSR count). The quantitative estimate of drug-likeness (QED) is 0.933. The molecule has 0 radical (unpaired) electrons. The molecule has 0 amide bonds. The van der Waals surface area contributed by atoms with E-state index in [2.05, 4.69) is 22.1 Å². The van der Waals surface area contributed by atoms with Crippen LogP contribution in [0.15, 0.2) is 34.9 Å². The smallest absolute Gasteiger partial charge is 0.226 e. The maximum absolute atomic E-state index is 13.2. The topological polar surface area (TPSA) is 41.3 Å². The van der Waals surface area contributed by atoms with Crippen LogP contribution in [-0.2, 0) is 6.54 Å². The first-order valence-corrected chi connectivity index (χ1v) is 6.87. The van der Waals surface area contributed by atoms with Gasteiger partial charge in [0.2, 0.25) is 5.89 Å². The summed E-state index contributed by atoms with van der Waals surface area (Å²) in [6.45, 7) is 5.96. The first-order valence-electron chi connectivity index (χ1n) is 6.87. The number of nitrogens with one attached hydrogen (secondary N) is 1. The second kappa shape index (κ2) is 5.73. The van der Waals surface area contributed by atoms with Crippen LogP contribution in [0.4, 0.5) is 4.39 Å². The number of rotatable bonds is 3. The van der Waals surface area contributed by atoms with Gasteiger partial charge < -0.3 is 9.73 Å². The van der Waals surface area contributed by atoms with Gasteiger partial charge in [0.1, 0.15) is 12.1 Å². The van der Waals surface area contributed by atoms with Crippen LogP contribution in [0.25, 0.3) is 11.5 Å². The average molecular weight is 275 g/mol. The summed E-state index contributed by atoms with van der Waals surface area (Å²) in [5, 5.41) is 3.36. The molecule has 20 heavy (non-hydrogen) atoms. The molecule has 1 N–H and O–H groups in total. The van der Waals surface area contributed by atoms with Crippen molar-refractivity contribution >= 4 is 0 Å². The molecule has 0 spiro atoms. The molecule has 5 heteroatoms. The van der Waals surface area contributed by atoms with E-state index in [4.69, 9.17) is 4.42 Å². The fourth-order valence-corrected chi connectivity index (χ4v) is 2.46. The summed E-state index contributed by atoms with van der Waals surface area (Å²) in [5.41, 5.74) is 1.56. The molecule has 1 aliphatic rings. The summed E-state index contributed by atoms with van der Waals surface area (Å²) in [4.78, 5) is 6.82. The van der Waals surface area contributed by atoms with Crippen LogP contribution in [0.3, 0.4) is 0 Å². The highest BCUT2D eigenvalue weighted by molar-refractivity contribution is 5.52. The molecule has 4 nitrogen and oxygen atoms in total. The van der Waals surface area contributed by atoms with Crippen LogP contribution in [-0.4, -0.2) is 35.6 Å². The van der Waals surface area contributed by atoms with Crippen molar-refractivity contribution in [1.82, 2.24) is 15.2 Å². The normalized spacial score (nSPS) is 20.2. The molecule has 0 bridgehead atoms. The van der Waals surface area contributed by atoms with E-state index in [1.165, 1.54) is 12.1 Å². The largest absolute Gasteiger partial charge is 0.444 e. The van der Waals surface area contributed by atoms with Crippen molar-refractivity contribution in [2.45, 2.75) is 19.5 Å². The van der Waals surface area contributed by atoms with E-state index in [9.17, 15) is 4.39 Å². The lowest BCUT2D eigenvalue weighted by Crippen LogP contribution is -2.49. The van der Waals surface area contributed by atoms with Gasteiger partial charge in [-0.2, -0.15) is 0 Å². The zero-order valence-electron chi connectivity index (χ0n) is 11.5. The van der Waals surface area contributed by atoms with Gasteiger partial charge >= 0.3 is 0 Å². The lowest BCUT2D eigenvalue weighted by molar-refractivity contribution is 0.163. The molecule has 1 saturated heterocycles. The van der Waals surface area contributed by atoms with Crippen LogP contribution >= 0.6 is 0 Å². The molecule has 0 unspecified atom stereocenters. The Morgan fingerprint density at radius 2 is 2.40 bits per heavy atom. The molecule has 106 valence electrons. The Morgan fingerprint density at radius 3 is 3.20 bits per heavy atom. The predicted molar refractivity (Wildman–Crippen MR) is 74.6 cm³/mol. The van der Waals surface area contributed by atoms with E-state index < -0.39 is 0 Å². The van der Waals surface area contributed by atoms with Crippen LogP contribution in [0.2, 0.25) is 0 Å². The van der Waals surface area contributed by atoms with Crippen molar-refractivity contribution in [2.75, 3.05) is 19.6 Å². The molecular formula is C15H18FN3O. The van der Waals surface area contributed by atoms with Crippen LogP contribution in [0.1, 0.15) is 12.6 Å². The van der Waals surface area contributed by atoms with E-state index in [0.29, 0.717) is 17.5 Å². The summed E-state index contributed by atoms with van der Waals surface area (Å²) in [6, 6.07) is 6.79. The molecule has 1 aliphatic heterocycles. The van der Waals surface area contributed by atoms with Crippen LogP contribution < -0.4 is 5.32 Å². The first kappa shape index (κ1) is 13.3. The summed E-state index contributed by atoms with van der Waals surface area (Å²) in [6.07, 6.45) is 1.66. The molecule has 1 fully saturated rings. The Balaban J connectivity index is 1.73. The molecule has 1 atom stereocenters. The molecule has 2 heterocycles. The molecule has 1 aromatic carbocycles. The third-order valence-electron chi connectivity index (χ3n) is 3.63. The lowest BCUT2D eigenvalue weighted by Gasteiger charge is -2.33. The van der Waals surface area contributed by atoms with Crippen molar-refractivity contribution in [1.29, 1.82) is 0 Å². The van der Waals surface area contributed by atoms with E-state index in [1.807, 2.05) is 0 Å². The summed E-state index contributed by atoms with van der Waals surface area (Å²) in [5.74, 6) is 0.195. The van der Waals surface area contributed by atoms with E-state index in [0.717, 1.165) is 31.9 Å². The standard InChI is InChI=1S/C15H18FN3O/c1-11-8-17-5-6-19(11)9-14-10-20-15(18-14)12-3-2-4-13(16)7-12/h2-4,7,10-11,17H,5-6,8-9H2,1H3/t11-/m1/s1. The van der Waals surface area contributed by atoms with Gasteiger partial charge in [0.05, 0.1) is 5.69 Å². The Hall–Kier alpha value is -1.72. The molecule has 0 saturated carbocycles. The molecule has 0 aliphatic carbocycles. The Bertz CT molecular complexity index is 584. The molecular weight excluding hydrogens is 257 g/mol. The van der Waals surface area contributed by atoms with Crippen LogP contribution in [0, 0.1) is 5.82 Å². The Labute approximate surface area is 117 Å². The van der Waals surface area contributed by atoms with Crippen molar-refractivity contribution < 1.29 is 8.81 Å². The van der Waals surface area contributed by atoms with Gasteiger partial charge in [0, 0.05) is 37.8 Å². The number of nitrogens with zero attached hydrogens (tertiary/aromatic N) is 2. The fourth-order valence-electron chi connectivity index (χ4n) is 2.46. The molecule has 1 aromatic heterocycles. The Morgan fingerprint density at radius 1 is 1.50 bits per heavy atom. The number of oxazole rings is 1. The number of halogens is 1. The summed E-state index contributed by atoms with van der Waals surface area (Å²) >= 11 is 0. The highest BCUT2D eigenvalue weighted by Crippen LogP contribution is 2.20. The lowest BCUT2D eigenvalue weighted by atomic mass is 10.2. The highest BCUT2D eigenvalue weighted by Gasteiger charge is 2.19. The number of piperazine rings is 1. The number of hydrogen-bond acceptors (Lipinski definition) is 4. The third-order valence-corrected chi connectivity index (χ3v) is 3.63. The SMILES string of the molecule is C[C@@H]1CNCCN1Cc1coc(-c2cccc(F)c2)n1. The Kier molecular flexibility index (Phi) is 3.80. The van der Waals surface area contributed by atoms with Crippen molar-refractivity contribution in [3.63, 3.8) is 0 Å². The zero-order valence-corrected chi connectivity index (χ0v) is 11.5. The first-order chi connectivity index (χ1) is 9.72. The predicted octanol–water partition coefficient (Wildman–Crippen LogP) is 2.27. The minimum Gasteiger partial charge on any atom is -0.444 e. The fraction of sp³-hybridized carbons (Fsp3) is 0.400. The van der Waals surface area contributed by atoms with Gasteiger partial charge in [-0.25, -0.2) is 9.37 Å². The summed E-state index contributed by atoms with van der Waals surface area (Å²) in [7, 11) is 0. The van der Waals surface area contributed by atoms with E-state index >= 15 is 0 Å². The molecule has 2 aromatic rings. The van der Waals surface area contributed by atoms with Gasteiger partial charge in [-0.05, 0) is 25.1 Å². The van der Waals surface area contributed by atoms with Crippen LogP contribution in [0.5, 0.6) is 0 Å². The van der Waals surface area contributed by atoms with Crippen molar-refractivity contribution in [2.24, 2.45) is 0 Å². The zero-order chi connectivity index (χ0) is 13.9. The van der Waals surface area contributed by atoms with E-state index in [-0.39, 0.29) is 5.82 Å². The third kappa shape index (κ3) is 2.89. The number of benzene rings is 1. The van der Waals surface area contributed by atoms with Gasteiger partial charge in [-0.15, -0.1) is 0 Å². The van der Waals surface area contributed by atoms with Crippen molar-refractivity contribution in [3.8, 4) is 11.5 Å². The number of aromatic nitrogens is 1. The van der Waals surface area contributed by atoms with Crippen molar-refractivity contribution in [3.05, 3.63) is 42.0 Å². The van der Waals surface area contributed by atoms with Gasteiger partial charge in [0.25, 0.3) is 0 Å². The minimum absolute atomic E-state index is 0.280. The second-order valence-corrected chi connectivity index (χ2v) is 5.18. The number of hydrogen-bond donors (Lipinski definition) is 1. The van der Waals surface area contributed by atoms with Gasteiger partial charge in [0.15, 0.2) is 0 Å². The highest BCUT2D eigenvalue weighted by atomic mass is 19.1. The second-order valence-electron chi connectivity index (χ2n) is 5.18. The minimum atomic E-state index is -0.280. The maximum atomic E-state index is 13.2. The average Bonchev–Trinajstić information content (AvgIpc) is 2.90. The van der Waals surface area contributed by atoms with Gasteiger partial charge in [-0.3, -0.25) is 4.90 Å². The maximum Gasteiger partial charge on any atom is 0.226 e. The summed E-state index contributed by atoms with van der Waals surface area (Å²) < 4.78 is 18.7. The van der Waals surface area contributed by atoms with Gasteiger partial charge in [-0.1, -0.05) is 6.07 Å².